The second-order valence-electron chi connectivity index (χ2n) is 5.28. The zero-order chi connectivity index (χ0) is 15.5. The third kappa shape index (κ3) is 2.61. The third-order valence-electron chi connectivity index (χ3n) is 4.07. The van der Waals surface area contributed by atoms with Gasteiger partial charge >= 0.3 is 0 Å². The molecule has 1 aliphatic heterocycles. The number of imidazole rings is 1. The average Bonchev–Trinajstić information content (AvgIpc) is 3.24. The van der Waals surface area contributed by atoms with Crippen LogP contribution in [-0.4, -0.2) is 56.8 Å². The normalized spacial score (nSPS) is 19.1. The van der Waals surface area contributed by atoms with Gasteiger partial charge in [0.2, 0.25) is 0 Å². The summed E-state index contributed by atoms with van der Waals surface area (Å²) in [4.78, 5) is 27.0. The van der Waals surface area contributed by atoms with Gasteiger partial charge in [0.15, 0.2) is 0 Å². The molecule has 0 aliphatic carbocycles. The van der Waals surface area contributed by atoms with Gasteiger partial charge in [0.1, 0.15) is 17.6 Å². The van der Waals surface area contributed by atoms with Crippen molar-refractivity contribution in [2.24, 2.45) is 0 Å². The van der Waals surface area contributed by atoms with Crippen molar-refractivity contribution >= 4 is 5.91 Å². The number of nitriles is 1. The first kappa shape index (κ1) is 14.4. The molecule has 0 aromatic carbocycles. The van der Waals surface area contributed by atoms with Crippen LogP contribution < -0.4 is 0 Å². The van der Waals surface area contributed by atoms with Crippen molar-refractivity contribution in [3.05, 3.63) is 41.7 Å². The lowest BCUT2D eigenvalue weighted by Crippen LogP contribution is -2.50. The number of carbonyl (C=O) groups excluding carboxylic acids is 1. The summed E-state index contributed by atoms with van der Waals surface area (Å²) in [5.41, 5.74) is 0.929. The maximum atomic E-state index is 12.6. The molecule has 114 valence electrons. The fourth-order valence-corrected chi connectivity index (χ4v) is 2.87. The minimum atomic E-state index is -0.0509. The highest BCUT2D eigenvalue weighted by Crippen LogP contribution is 2.23. The number of nitrogens with zero attached hydrogens (tertiary/aromatic N) is 4. The van der Waals surface area contributed by atoms with Gasteiger partial charge < -0.3 is 14.9 Å². The number of carbonyl (C=O) groups is 1. The number of nitrogens with one attached hydrogen (secondary N) is 2. The lowest BCUT2D eigenvalue weighted by Gasteiger charge is -2.40. The molecule has 0 bridgehead atoms. The molecule has 1 fully saturated rings. The van der Waals surface area contributed by atoms with Gasteiger partial charge in [-0.15, -0.1) is 0 Å². The maximum absolute atomic E-state index is 12.6. The maximum Gasteiger partial charge on any atom is 0.255 e. The predicted molar refractivity (Wildman–Crippen MR) is 80.0 cm³/mol. The predicted octanol–water partition coefficient (Wildman–Crippen LogP) is 1.13. The summed E-state index contributed by atoms with van der Waals surface area (Å²) in [7, 11) is 0. The highest BCUT2D eigenvalue weighted by atomic mass is 16.2. The van der Waals surface area contributed by atoms with Gasteiger partial charge in [0.25, 0.3) is 5.91 Å². The van der Waals surface area contributed by atoms with Gasteiger partial charge in [0, 0.05) is 38.2 Å². The number of aromatic amines is 2. The molecule has 0 radical (unpaired) electrons. The Morgan fingerprint density at radius 1 is 1.50 bits per heavy atom. The SMILES string of the molecule is CCN1CCN(C(=O)c2c[nH]c(C#N)c2)C[C@@H]1c1ncc[nH]1. The summed E-state index contributed by atoms with van der Waals surface area (Å²) < 4.78 is 0. The number of H-pyrrole nitrogens is 2. The van der Waals surface area contributed by atoms with Gasteiger partial charge in [0.05, 0.1) is 11.6 Å². The molecule has 22 heavy (non-hydrogen) atoms. The van der Waals surface area contributed by atoms with Crippen molar-refractivity contribution in [3.8, 4) is 6.07 Å². The van der Waals surface area contributed by atoms with Crippen molar-refractivity contribution in [3.63, 3.8) is 0 Å². The van der Waals surface area contributed by atoms with E-state index in [4.69, 9.17) is 5.26 Å². The van der Waals surface area contributed by atoms with Crippen LogP contribution in [0.2, 0.25) is 0 Å². The number of hydrogen-bond acceptors (Lipinski definition) is 4. The average molecular weight is 298 g/mol. The van der Waals surface area contributed by atoms with Crippen molar-refractivity contribution in [1.82, 2.24) is 24.8 Å². The van der Waals surface area contributed by atoms with E-state index < -0.39 is 0 Å². The fraction of sp³-hybridized carbons (Fsp3) is 0.400. The highest BCUT2D eigenvalue weighted by Gasteiger charge is 2.31. The molecule has 7 nitrogen and oxygen atoms in total. The van der Waals surface area contributed by atoms with E-state index >= 15 is 0 Å². The first-order valence-electron chi connectivity index (χ1n) is 7.34. The van der Waals surface area contributed by atoms with Gasteiger partial charge in [-0.05, 0) is 12.6 Å². The van der Waals surface area contributed by atoms with E-state index in [2.05, 4.69) is 26.8 Å². The minimum absolute atomic E-state index is 0.0509. The summed E-state index contributed by atoms with van der Waals surface area (Å²) in [6.45, 7) is 5.10. The molecule has 0 spiro atoms. The Hall–Kier alpha value is -2.59. The van der Waals surface area contributed by atoms with Crippen LogP contribution in [-0.2, 0) is 0 Å². The number of likely N-dealkylation sites (N-methyl/N-ethyl adjacent to an activating group) is 1. The second kappa shape index (κ2) is 6.03. The molecule has 1 saturated heterocycles. The lowest BCUT2D eigenvalue weighted by atomic mass is 10.1. The van der Waals surface area contributed by atoms with Crippen molar-refractivity contribution in [1.29, 1.82) is 5.26 Å². The molecule has 2 N–H and O–H groups in total. The topological polar surface area (TPSA) is 91.8 Å². The minimum Gasteiger partial charge on any atom is -0.352 e. The van der Waals surface area contributed by atoms with Crippen molar-refractivity contribution in [2.45, 2.75) is 13.0 Å². The molecule has 0 unspecified atom stereocenters. The number of piperazine rings is 1. The Morgan fingerprint density at radius 2 is 2.36 bits per heavy atom. The largest absolute Gasteiger partial charge is 0.352 e. The molecule has 0 saturated carbocycles. The molecular weight excluding hydrogens is 280 g/mol. The van der Waals surface area contributed by atoms with E-state index in [-0.39, 0.29) is 11.9 Å². The van der Waals surface area contributed by atoms with E-state index in [1.807, 2.05) is 11.0 Å². The number of amides is 1. The molecule has 1 amide bonds. The highest BCUT2D eigenvalue weighted by molar-refractivity contribution is 5.94. The molecule has 1 atom stereocenters. The first-order valence-corrected chi connectivity index (χ1v) is 7.34. The third-order valence-corrected chi connectivity index (χ3v) is 4.07. The van der Waals surface area contributed by atoms with Crippen LogP contribution in [0.3, 0.4) is 0 Å². The summed E-state index contributed by atoms with van der Waals surface area (Å²) in [5, 5.41) is 8.85. The standard InChI is InChI=1S/C15H18N6O/c1-2-20-5-6-21(10-13(20)14-17-3-4-18-14)15(22)11-7-12(8-16)19-9-11/h3-4,7,9,13,19H,2,5-6,10H2,1H3,(H,17,18)/t13-/m1/s1. The smallest absolute Gasteiger partial charge is 0.255 e. The zero-order valence-corrected chi connectivity index (χ0v) is 12.4. The summed E-state index contributed by atoms with van der Waals surface area (Å²) >= 11 is 0. The Morgan fingerprint density at radius 3 is 3.00 bits per heavy atom. The van der Waals surface area contributed by atoms with Crippen LogP contribution >= 0.6 is 0 Å². The van der Waals surface area contributed by atoms with Gasteiger partial charge in [-0.2, -0.15) is 5.26 Å². The van der Waals surface area contributed by atoms with Gasteiger partial charge in [-0.1, -0.05) is 6.92 Å². The van der Waals surface area contributed by atoms with Crippen LogP contribution in [0.4, 0.5) is 0 Å². The van der Waals surface area contributed by atoms with E-state index in [1.54, 1.807) is 24.7 Å². The Kier molecular flexibility index (Phi) is 3.94. The lowest BCUT2D eigenvalue weighted by molar-refractivity contribution is 0.0480. The summed E-state index contributed by atoms with van der Waals surface area (Å²) in [5.74, 6) is 0.830. The quantitative estimate of drug-likeness (QED) is 0.888. The van der Waals surface area contributed by atoms with E-state index in [0.29, 0.717) is 24.3 Å². The Balaban J connectivity index is 1.78. The van der Waals surface area contributed by atoms with Crippen LogP contribution in [0.15, 0.2) is 24.7 Å². The van der Waals surface area contributed by atoms with Crippen molar-refractivity contribution < 1.29 is 4.79 Å². The second-order valence-corrected chi connectivity index (χ2v) is 5.28. The first-order chi connectivity index (χ1) is 10.7. The van der Waals surface area contributed by atoms with Crippen LogP contribution in [0.25, 0.3) is 0 Å². The zero-order valence-electron chi connectivity index (χ0n) is 12.4. The van der Waals surface area contributed by atoms with E-state index in [0.717, 1.165) is 18.9 Å². The monoisotopic (exact) mass is 298 g/mol. The van der Waals surface area contributed by atoms with E-state index in [9.17, 15) is 4.79 Å². The fourth-order valence-electron chi connectivity index (χ4n) is 2.87. The molecule has 1 aliphatic rings. The van der Waals surface area contributed by atoms with Gasteiger partial charge in [-0.3, -0.25) is 9.69 Å². The number of rotatable bonds is 3. The number of hydrogen-bond donors (Lipinski definition) is 2. The Bertz CT molecular complexity index is 683. The molecule has 3 rings (SSSR count). The molecular formula is C15H18N6O. The Labute approximate surface area is 128 Å². The van der Waals surface area contributed by atoms with Crippen LogP contribution in [0, 0.1) is 11.3 Å². The van der Waals surface area contributed by atoms with Crippen molar-refractivity contribution in [2.75, 3.05) is 26.2 Å². The van der Waals surface area contributed by atoms with Crippen LogP contribution in [0.1, 0.15) is 34.8 Å². The molecule has 3 heterocycles. The molecule has 2 aromatic heterocycles. The summed E-state index contributed by atoms with van der Waals surface area (Å²) in [6, 6.07) is 3.67. The van der Waals surface area contributed by atoms with Gasteiger partial charge in [-0.25, -0.2) is 4.98 Å². The van der Waals surface area contributed by atoms with E-state index in [1.165, 1.54) is 0 Å². The molecule has 2 aromatic rings. The summed E-state index contributed by atoms with van der Waals surface area (Å²) in [6.07, 6.45) is 5.12. The van der Waals surface area contributed by atoms with Crippen LogP contribution in [0.5, 0.6) is 0 Å². The molecule has 7 heteroatoms. The number of aromatic nitrogens is 3.